The van der Waals surface area contributed by atoms with Gasteiger partial charge in [0.2, 0.25) is 0 Å². The van der Waals surface area contributed by atoms with Crippen molar-refractivity contribution in [2.24, 2.45) is 58.2 Å². The molecule has 0 bridgehead atoms. The van der Waals surface area contributed by atoms with Gasteiger partial charge in [-0.3, -0.25) is 0 Å². The number of hydrogen-bond acceptors (Lipinski definition) is 10. The monoisotopic (exact) mass is 727 g/mol. The topological polar surface area (TPSA) is 166 Å². The van der Waals surface area contributed by atoms with E-state index in [0.29, 0.717) is 45.3 Å². The first kappa shape index (κ1) is 38.6. The minimum atomic E-state index is -2.13. The lowest BCUT2D eigenvalue weighted by molar-refractivity contribution is -0.377. The van der Waals surface area contributed by atoms with Crippen molar-refractivity contribution in [1.29, 1.82) is 0 Å². The first-order valence-electron chi connectivity index (χ1n) is 20.5. The van der Waals surface area contributed by atoms with E-state index in [1.807, 2.05) is 6.92 Å². The molecule has 10 heteroatoms. The number of allylic oxidation sites excluding steroid dienone is 1. The average molecular weight is 728 g/mol. The lowest BCUT2D eigenvalue weighted by Gasteiger charge is -2.73. The lowest BCUT2D eigenvalue weighted by Crippen LogP contribution is -2.85. The number of fused-ring (bicyclic) bond motifs is 8. The molecule has 6 aliphatic carbocycles. The van der Waals surface area contributed by atoms with Crippen LogP contribution in [0, 0.1) is 58.2 Å². The second-order valence-corrected chi connectivity index (χ2v) is 18.7. The van der Waals surface area contributed by atoms with E-state index < -0.39 is 69.7 Å². The Kier molecular flexibility index (Phi) is 10.3. The van der Waals surface area contributed by atoms with Gasteiger partial charge in [0, 0.05) is 49.5 Å². The van der Waals surface area contributed by atoms with Crippen molar-refractivity contribution in [1.82, 2.24) is 5.32 Å². The van der Waals surface area contributed by atoms with Crippen molar-refractivity contribution in [3.05, 3.63) is 23.3 Å². The largest absolute Gasteiger partial charge is 0.450 e. The van der Waals surface area contributed by atoms with Crippen LogP contribution in [0.4, 0.5) is 0 Å². The molecule has 7 aliphatic rings. The van der Waals surface area contributed by atoms with Gasteiger partial charge in [-0.1, -0.05) is 53.0 Å². The molecule has 1 heterocycles. The molecule has 0 unspecified atom stereocenters. The third-order valence-electron chi connectivity index (χ3n) is 16.3. The minimum Gasteiger partial charge on any atom is -0.450 e. The summed E-state index contributed by atoms with van der Waals surface area (Å²) in [6.45, 7) is 10.2. The minimum absolute atomic E-state index is 0.0924. The van der Waals surface area contributed by atoms with Crippen molar-refractivity contribution in [2.45, 2.75) is 140 Å². The van der Waals surface area contributed by atoms with E-state index in [1.165, 1.54) is 0 Å². The van der Waals surface area contributed by atoms with Crippen LogP contribution in [0.25, 0.3) is 0 Å². The van der Waals surface area contributed by atoms with Gasteiger partial charge in [-0.25, -0.2) is 4.79 Å². The molecule has 5 fully saturated rings. The fraction of sp³-hybridized carbons (Fsp3) is 0.857. The Hall–Kier alpha value is -1.66. The summed E-state index contributed by atoms with van der Waals surface area (Å²) >= 11 is 0. The van der Waals surface area contributed by atoms with E-state index in [1.54, 1.807) is 13.2 Å². The lowest BCUT2D eigenvalue weighted by atomic mass is 9.34. The zero-order valence-corrected chi connectivity index (χ0v) is 32.1. The number of ether oxygens (including phenoxy) is 2. The van der Waals surface area contributed by atoms with Gasteiger partial charge in [-0.05, 0) is 105 Å². The molecule has 52 heavy (non-hydrogen) atoms. The highest BCUT2D eigenvalue weighted by Gasteiger charge is 2.84. The van der Waals surface area contributed by atoms with Gasteiger partial charge in [-0.2, -0.15) is 0 Å². The number of methoxy groups -OCH3 is 1. The van der Waals surface area contributed by atoms with Crippen molar-refractivity contribution in [3.8, 4) is 0 Å². The Morgan fingerprint density at radius 3 is 2.52 bits per heavy atom. The van der Waals surface area contributed by atoms with Crippen molar-refractivity contribution in [2.75, 3.05) is 26.8 Å². The van der Waals surface area contributed by atoms with Crippen molar-refractivity contribution in [3.63, 3.8) is 0 Å². The number of aliphatic hydroxyl groups excluding tert-OH is 2. The molecule has 292 valence electrons. The molecular formula is C42H65NO9. The van der Waals surface area contributed by atoms with E-state index in [9.17, 15) is 35.1 Å². The number of hydrogen-bond donors (Lipinski definition) is 6. The quantitative estimate of drug-likeness (QED) is 0.0753. The fourth-order valence-electron chi connectivity index (χ4n) is 13.8. The summed E-state index contributed by atoms with van der Waals surface area (Å²) in [5.41, 5.74) is -6.44. The second kappa shape index (κ2) is 13.8. The van der Waals surface area contributed by atoms with Gasteiger partial charge in [-0.15, -0.1) is 0 Å². The number of esters is 1. The van der Waals surface area contributed by atoms with E-state index in [-0.39, 0.29) is 42.4 Å². The maximum Gasteiger partial charge on any atom is 0.331 e. The maximum absolute atomic E-state index is 14.1. The first-order valence-corrected chi connectivity index (χ1v) is 20.5. The summed E-state index contributed by atoms with van der Waals surface area (Å²) in [4.78, 5) is 27.0. The Morgan fingerprint density at radius 1 is 1.06 bits per heavy atom. The number of aliphatic hydroxyl groups is 5. The molecular weight excluding hydrogens is 662 g/mol. The van der Waals surface area contributed by atoms with E-state index in [0.717, 1.165) is 56.1 Å². The Balaban J connectivity index is 1.34. The van der Waals surface area contributed by atoms with Gasteiger partial charge >= 0.3 is 5.97 Å². The predicted molar refractivity (Wildman–Crippen MR) is 195 cm³/mol. The molecule has 0 radical (unpaired) electrons. The van der Waals surface area contributed by atoms with Crippen molar-refractivity contribution < 1.29 is 44.6 Å². The summed E-state index contributed by atoms with van der Waals surface area (Å²) in [7, 11) is 1.67. The van der Waals surface area contributed by atoms with Gasteiger partial charge in [0.05, 0.1) is 23.2 Å². The third-order valence-corrected chi connectivity index (χ3v) is 16.3. The predicted octanol–water partition coefficient (Wildman–Crippen LogP) is 3.86. The van der Waals surface area contributed by atoms with Crippen LogP contribution in [0.15, 0.2) is 23.3 Å². The summed E-state index contributed by atoms with van der Waals surface area (Å²) in [6, 6.07) is 0. The number of unbranched alkanes of at least 4 members (excludes halogenated alkanes) is 2. The number of rotatable bonds is 12. The van der Waals surface area contributed by atoms with Crippen LogP contribution in [0.3, 0.4) is 0 Å². The maximum atomic E-state index is 14.1. The van der Waals surface area contributed by atoms with Crippen LogP contribution in [-0.4, -0.2) is 99.7 Å². The molecule has 1 aliphatic heterocycles. The van der Waals surface area contributed by atoms with Crippen LogP contribution >= 0.6 is 0 Å². The highest BCUT2D eigenvalue weighted by Crippen LogP contribution is 2.76. The number of carbonyl (C=O) groups excluding carboxylic acids is 2. The first-order chi connectivity index (χ1) is 24.7. The third kappa shape index (κ3) is 5.13. The van der Waals surface area contributed by atoms with Gasteiger partial charge < -0.3 is 45.1 Å². The van der Waals surface area contributed by atoms with Crippen LogP contribution in [0.1, 0.15) is 105 Å². The average Bonchev–Trinajstić information content (AvgIpc) is 3.54. The zero-order chi connectivity index (χ0) is 37.4. The van der Waals surface area contributed by atoms with E-state index in [2.05, 4.69) is 32.2 Å². The van der Waals surface area contributed by atoms with E-state index >= 15 is 0 Å². The van der Waals surface area contributed by atoms with Gasteiger partial charge in [0.25, 0.3) is 0 Å². The fourth-order valence-corrected chi connectivity index (χ4v) is 13.8. The highest BCUT2D eigenvalue weighted by atomic mass is 16.5. The van der Waals surface area contributed by atoms with Gasteiger partial charge in [0.1, 0.15) is 23.6 Å². The molecule has 0 aromatic heterocycles. The zero-order valence-electron chi connectivity index (χ0n) is 32.1. The summed E-state index contributed by atoms with van der Waals surface area (Å²) < 4.78 is 11.1. The molecule has 10 nitrogen and oxygen atoms in total. The molecule has 0 amide bonds. The standard InChI is InChI=1S/C42H65NO9/c1-6-7-8-10-26-20-39(23-44)32-13-14-38(4)34-27(17-28(22-43-15-9-16-51-5)36-29(34)19-33(45)52-36)21-40(38,48)42(32,50)37(47)31-18-25(24(2)3)11-12-30(35(26)46)41(31,39)49/h17,19,23-27,30-32,34-37,43,46-50H,6-16,18,20-22H2,1-5H3/t25-,26-,27+,30-,31+,32+,34+,35-,36+,37-,38+,39-,40+,41+,42+/m0/s1. The molecule has 0 saturated heterocycles. The number of nitrogens with one attached hydrogen (secondary N) is 1. The Labute approximate surface area is 309 Å². The molecule has 6 N–H and O–H groups in total. The Morgan fingerprint density at radius 2 is 1.83 bits per heavy atom. The van der Waals surface area contributed by atoms with Crippen molar-refractivity contribution >= 4 is 12.3 Å². The highest BCUT2D eigenvalue weighted by molar-refractivity contribution is 5.87. The molecule has 15 atom stereocenters. The summed E-state index contributed by atoms with van der Waals surface area (Å²) in [5, 5.41) is 68.9. The molecule has 0 aromatic carbocycles. The van der Waals surface area contributed by atoms with Crippen LogP contribution in [0.5, 0.6) is 0 Å². The molecule has 5 saturated carbocycles. The Bertz CT molecular complexity index is 1450. The molecule has 0 spiro atoms. The van der Waals surface area contributed by atoms with Crippen LogP contribution in [0.2, 0.25) is 0 Å². The van der Waals surface area contributed by atoms with Crippen LogP contribution < -0.4 is 5.32 Å². The van der Waals surface area contributed by atoms with Gasteiger partial charge in [0.15, 0.2) is 0 Å². The van der Waals surface area contributed by atoms with E-state index in [4.69, 9.17) is 9.47 Å². The number of carbonyl (C=O) groups is 2. The normalized spacial score (nSPS) is 49.1. The summed E-state index contributed by atoms with van der Waals surface area (Å²) in [5.74, 6) is -3.41. The number of aldehydes is 1. The summed E-state index contributed by atoms with van der Waals surface area (Å²) in [6.07, 6.45) is 8.86. The second-order valence-electron chi connectivity index (χ2n) is 18.7. The molecule has 0 aromatic rings. The molecule has 7 rings (SSSR count). The SMILES string of the molecule is CCCCC[C@H]1C[C@]2(C=O)[C@H]3CC[C@]4(C)[C@H]5C6=CC(=O)O[C@@H]6C(CNCCCOC)=C[C@@H]5C[C@]4(O)[C@]3(O)[C@@H](O)[C@H]3C[C@@H](C(C)C)CC[C@@H]([C@H]1O)[C@@]32O. The van der Waals surface area contributed by atoms with Crippen LogP contribution in [-0.2, 0) is 19.1 Å². The smallest absolute Gasteiger partial charge is 0.331 e.